The summed E-state index contributed by atoms with van der Waals surface area (Å²) in [5.41, 5.74) is 3.28. The summed E-state index contributed by atoms with van der Waals surface area (Å²) in [5, 5.41) is 0. The Morgan fingerprint density at radius 2 is 1.38 bits per heavy atom. The van der Waals surface area contributed by atoms with Gasteiger partial charge in [0.2, 0.25) is 0 Å². The van der Waals surface area contributed by atoms with Gasteiger partial charge in [-0.25, -0.2) is 15.0 Å². The van der Waals surface area contributed by atoms with Crippen LogP contribution in [0.25, 0.3) is 28.3 Å². The summed E-state index contributed by atoms with van der Waals surface area (Å²) in [6.45, 7) is 0. The summed E-state index contributed by atoms with van der Waals surface area (Å²) in [4.78, 5) is 18.5. The summed E-state index contributed by atoms with van der Waals surface area (Å²) in [5.74, 6) is 1.76. The Morgan fingerprint density at radius 3 is 1.88 bits per heavy atom. The summed E-state index contributed by atoms with van der Waals surface area (Å²) in [6, 6.07) is 14.1. The molecule has 0 atom stereocenters. The van der Waals surface area contributed by atoms with Crippen LogP contribution in [0.3, 0.4) is 0 Å². The predicted octanol–water partition coefficient (Wildman–Crippen LogP) is 4.22. The maximum absolute atomic E-state index is 4.20. The fraction of sp³-hybridized carbons (Fsp3) is 0. The van der Waals surface area contributed by atoms with E-state index in [0.29, 0.717) is 0 Å². The molecular weight excluding hydrogens is 348 g/mol. The van der Waals surface area contributed by atoms with E-state index >= 15 is 0 Å². The van der Waals surface area contributed by atoms with Gasteiger partial charge in [0.15, 0.2) is 0 Å². The lowest BCUT2D eigenvalue weighted by molar-refractivity contribution is 1.15. The normalized spacial score (nSPS) is 10.0. The zero-order valence-electron chi connectivity index (χ0n) is 13.8. The Kier molecular flexibility index (Phi) is 5.46. The second kappa shape index (κ2) is 8.13. The lowest BCUT2D eigenvalue weighted by Gasteiger charge is -1.99. The molecule has 4 aromatic heterocycles. The Labute approximate surface area is 156 Å². The predicted molar refractivity (Wildman–Crippen MR) is 104 cm³/mol. The van der Waals surface area contributed by atoms with Gasteiger partial charge in [-0.1, -0.05) is 30.3 Å². The van der Waals surface area contributed by atoms with Crippen molar-refractivity contribution in [2.75, 3.05) is 0 Å². The zero-order valence-corrected chi connectivity index (χ0v) is 14.6. The van der Waals surface area contributed by atoms with Crippen molar-refractivity contribution in [2.24, 2.45) is 0 Å². The summed E-state index contributed by atoms with van der Waals surface area (Å²) >= 11 is 0. The molecule has 5 rings (SSSR count). The van der Waals surface area contributed by atoms with Crippen LogP contribution in [0.1, 0.15) is 0 Å². The number of halogens is 1. The number of benzene rings is 1. The van der Waals surface area contributed by atoms with Crippen LogP contribution < -0.4 is 0 Å². The van der Waals surface area contributed by atoms with Crippen molar-refractivity contribution in [1.82, 2.24) is 29.3 Å². The van der Waals surface area contributed by atoms with Crippen molar-refractivity contribution in [3.8, 4) is 22.8 Å². The minimum absolute atomic E-state index is 0. The standard InChI is InChI=1S/C12H10N4.C7H6N2.ClH/c1-2-10(12-15-7-8-16-12)4-3-9(1)11-13-5-6-14-11;1-2-4-9-6-8-5-7(9)3-1;/h1-8H,(H,13,14)(H,15,16);1-6H;1H. The van der Waals surface area contributed by atoms with Crippen LogP contribution in [0.15, 0.2) is 86.0 Å². The number of pyridine rings is 1. The van der Waals surface area contributed by atoms with Gasteiger partial charge in [-0.05, 0) is 12.1 Å². The zero-order chi connectivity index (χ0) is 16.9. The molecule has 0 spiro atoms. The van der Waals surface area contributed by atoms with E-state index in [4.69, 9.17) is 0 Å². The van der Waals surface area contributed by atoms with Crippen LogP contribution >= 0.6 is 12.4 Å². The number of H-pyrrole nitrogens is 2. The molecule has 0 bridgehead atoms. The van der Waals surface area contributed by atoms with E-state index in [9.17, 15) is 0 Å². The first kappa shape index (κ1) is 17.4. The van der Waals surface area contributed by atoms with Gasteiger partial charge in [0, 0.05) is 42.1 Å². The first-order chi connectivity index (χ1) is 12.4. The maximum atomic E-state index is 4.20. The topological polar surface area (TPSA) is 74.7 Å². The van der Waals surface area contributed by atoms with E-state index in [1.807, 2.05) is 71.7 Å². The lowest BCUT2D eigenvalue weighted by atomic mass is 10.1. The molecule has 0 saturated carbocycles. The number of fused-ring (bicyclic) bond motifs is 1. The van der Waals surface area contributed by atoms with E-state index in [-0.39, 0.29) is 12.4 Å². The maximum Gasteiger partial charge on any atom is 0.137 e. The molecular formula is C19H17ClN6. The van der Waals surface area contributed by atoms with Gasteiger partial charge in [-0.3, -0.25) is 0 Å². The molecule has 0 radical (unpaired) electrons. The Hall–Kier alpha value is -3.38. The van der Waals surface area contributed by atoms with Crippen LogP contribution in [0.2, 0.25) is 0 Å². The fourth-order valence-corrected chi connectivity index (χ4v) is 2.50. The Morgan fingerprint density at radius 1 is 0.769 bits per heavy atom. The van der Waals surface area contributed by atoms with Crippen molar-refractivity contribution in [1.29, 1.82) is 0 Å². The highest BCUT2D eigenvalue weighted by atomic mass is 35.5. The second-order valence-electron chi connectivity index (χ2n) is 5.38. The molecule has 130 valence electrons. The van der Waals surface area contributed by atoms with Crippen molar-refractivity contribution in [2.45, 2.75) is 0 Å². The summed E-state index contributed by atoms with van der Waals surface area (Å²) in [6.07, 6.45) is 12.7. The fourth-order valence-electron chi connectivity index (χ4n) is 2.50. The summed E-state index contributed by atoms with van der Waals surface area (Å²) in [7, 11) is 0. The molecule has 5 aromatic rings. The third-order valence-corrected chi connectivity index (χ3v) is 3.75. The van der Waals surface area contributed by atoms with Gasteiger partial charge in [-0.15, -0.1) is 12.4 Å². The van der Waals surface area contributed by atoms with Crippen LogP contribution in [-0.4, -0.2) is 29.3 Å². The molecule has 7 heteroatoms. The molecule has 0 saturated heterocycles. The number of aromatic nitrogens is 6. The van der Waals surface area contributed by atoms with Gasteiger partial charge in [0.1, 0.15) is 11.6 Å². The van der Waals surface area contributed by atoms with E-state index in [1.54, 1.807) is 18.7 Å². The van der Waals surface area contributed by atoms with Crippen molar-refractivity contribution in [3.63, 3.8) is 0 Å². The Bertz CT molecular complexity index is 950. The largest absolute Gasteiger partial charge is 0.345 e. The second-order valence-corrected chi connectivity index (χ2v) is 5.38. The highest BCUT2D eigenvalue weighted by Crippen LogP contribution is 2.19. The number of aromatic amines is 2. The number of hydrogen-bond donors (Lipinski definition) is 2. The van der Waals surface area contributed by atoms with Crippen LogP contribution in [0.4, 0.5) is 0 Å². The van der Waals surface area contributed by atoms with Gasteiger partial charge >= 0.3 is 0 Å². The minimum Gasteiger partial charge on any atom is -0.345 e. The molecule has 0 fully saturated rings. The van der Waals surface area contributed by atoms with Crippen molar-refractivity contribution >= 4 is 17.9 Å². The molecule has 0 amide bonds. The molecule has 0 aliphatic heterocycles. The van der Waals surface area contributed by atoms with E-state index in [2.05, 4.69) is 24.9 Å². The molecule has 0 aliphatic rings. The average Bonchev–Trinajstić information content (AvgIpc) is 3.45. The van der Waals surface area contributed by atoms with Crippen LogP contribution in [0, 0.1) is 0 Å². The van der Waals surface area contributed by atoms with Gasteiger partial charge in [0.05, 0.1) is 18.0 Å². The molecule has 6 nitrogen and oxygen atoms in total. The van der Waals surface area contributed by atoms with E-state index in [1.165, 1.54) is 0 Å². The monoisotopic (exact) mass is 364 g/mol. The van der Waals surface area contributed by atoms with E-state index < -0.39 is 0 Å². The van der Waals surface area contributed by atoms with Crippen molar-refractivity contribution < 1.29 is 0 Å². The minimum atomic E-state index is 0. The number of rotatable bonds is 2. The first-order valence-electron chi connectivity index (χ1n) is 7.86. The average molecular weight is 365 g/mol. The lowest BCUT2D eigenvalue weighted by Crippen LogP contribution is -1.83. The summed E-state index contributed by atoms with van der Waals surface area (Å²) < 4.78 is 1.97. The SMILES string of the molecule is Cl.c1c[nH]c(-c2ccc(-c3ncc[nH]3)cc2)n1.c1ccn2cncc2c1. The third kappa shape index (κ3) is 3.81. The molecule has 0 unspecified atom stereocenters. The van der Waals surface area contributed by atoms with Crippen molar-refractivity contribution in [3.05, 3.63) is 86.0 Å². The first-order valence-corrected chi connectivity index (χ1v) is 7.86. The highest BCUT2D eigenvalue weighted by Gasteiger charge is 2.02. The quantitative estimate of drug-likeness (QED) is 0.492. The third-order valence-electron chi connectivity index (χ3n) is 3.75. The highest BCUT2D eigenvalue weighted by molar-refractivity contribution is 5.85. The van der Waals surface area contributed by atoms with Gasteiger partial charge in [0.25, 0.3) is 0 Å². The number of nitrogens with zero attached hydrogens (tertiary/aromatic N) is 4. The molecule has 2 N–H and O–H groups in total. The number of imidazole rings is 3. The smallest absolute Gasteiger partial charge is 0.137 e. The van der Waals surface area contributed by atoms with Gasteiger partial charge in [-0.2, -0.15) is 0 Å². The van der Waals surface area contributed by atoms with Crippen LogP contribution in [-0.2, 0) is 0 Å². The van der Waals surface area contributed by atoms with Crippen LogP contribution in [0.5, 0.6) is 0 Å². The van der Waals surface area contributed by atoms with E-state index in [0.717, 1.165) is 28.3 Å². The number of hydrogen-bond acceptors (Lipinski definition) is 3. The molecule has 4 heterocycles. The molecule has 1 aromatic carbocycles. The number of nitrogens with one attached hydrogen (secondary N) is 2. The molecule has 0 aliphatic carbocycles. The molecule has 26 heavy (non-hydrogen) atoms. The Balaban J connectivity index is 0.000000167. The van der Waals surface area contributed by atoms with Gasteiger partial charge < -0.3 is 14.4 Å².